The van der Waals surface area contributed by atoms with E-state index in [1.54, 1.807) is 0 Å². The number of hydrogen-bond acceptors (Lipinski definition) is 2. The second-order valence-electron chi connectivity index (χ2n) is 4.65. The Morgan fingerprint density at radius 3 is 2.94 bits per heavy atom. The number of nitrogens with one attached hydrogen (secondary N) is 1. The van der Waals surface area contributed by atoms with E-state index >= 15 is 0 Å². The zero-order chi connectivity index (χ0) is 13.0. The minimum absolute atomic E-state index is 0.332. The number of halogens is 2. The second kappa shape index (κ2) is 6.53. The highest BCUT2D eigenvalue weighted by Crippen LogP contribution is 2.30. The summed E-state index contributed by atoms with van der Waals surface area (Å²) in [7, 11) is 0. The summed E-state index contributed by atoms with van der Waals surface area (Å²) in [5.41, 5.74) is 0.419. The van der Waals surface area contributed by atoms with Crippen LogP contribution in [0.25, 0.3) is 0 Å². The van der Waals surface area contributed by atoms with Gasteiger partial charge in [-0.25, -0.2) is 8.78 Å². The highest BCUT2D eigenvalue weighted by Gasteiger charge is 2.26. The molecule has 0 saturated heterocycles. The van der Waals surface area contributed by atoms with Crippen molar-refractivity contribution in [1.29, 1.82) is 0 Å². The number of thioether (sulfide) groups is 1. The zero-order valence-corrected chi connectivity index (χ0v) is 11.4. The summed E-state index contributed by atoms with van der Waals surface area (Å²) in [6.07, 6.45) is 3.58. The Morgan fingerprint density at radius 1 is 1.33 bits per heavy atom. The topological polar surface area (TPSA) is 12.0 Å². The van der Waals surface area contributed by atoms with Gasteiger partial charge in [0, 0.05) is 23.4 Å². The fraction of sp³-hybridized carbons (Fsp3) is 0.571. The van der Waals surface area contributed by atoms with E-state index in [0.717, 1.165) is 18.2 Å². The molecule has 0 heterocycles. The summed E-state index contributed by atoms with van der Waals surface area (Å²) in [4.78, 5) is 0. The largest absolute Gasteiger partial charge is 0.309 e. The molecule has 1 aromatic rings. The molecular weight excluding hydrogens is 252 g/mol. The Bertz CT molecular complexity index is 397. The molecule has 2 atom stereocenters. The molecule has 4 heteroatoms. The molecule has 2 unspecified atom stereocenters. The molecule has 0 radical (unpaired) electrons. The molecule has 1 nitrogen and oxygen atoms in total. The summed E-state index contributed by atoms with van der Waals surface area (Å²) < 4.78 is 26.5. The summed E-state index contributed by atoms with van der Waals surface area (Å²) >= 11 is 1.96. The summed E-state index contributed by atoms with van der Waals surface area (Å²) in [5.74, 6) is 0.401. The van der Waals surface area contributed by atoms with Gasteiger partial charge in [-0.3, -0.25) is 0 Å². The van der Waals surface area contributed by atoms with E-state index < -0.39 is 0 Å². The molecule has 1 saturated carbocycles. The first-order chi connectivity index (χ1) is 8.70. The van der Waals surface area contributed by atoms with Crippen LogP contribution < -0.4 is 5.32 Å². The van der Waals surface area contributed by atoms with Crippen LogP contribution in [0.4, 0.5) is 8.78 Å². The van der Waals surface area contributed by atoms with E-state index in [4.69, 9.17) is 0 Å². The lowest BCUT2D eigenvalue weighted by Gasteiger charge is -2.20. The third kappa shape index (κ3) is 3.45. The van der Waals surface area contributed by atoms with Crippen molar-refractivity contribution in [3.8, 4) is 0 Å². The lowest BCUT2D eigenvalue weighted by atomic mass is 10.1. The predicted octanol–water partition coefficient (Wildman–Crippen LogP) is 3.73. The molecule has 0 aromatic heterocycles. The van der Waals surface area contributed by atoms with Crippen LogP contribution in [0.2, 0.25) is 0 Å². The van der Waals surface area contributed by atoms with Gasteiger partial charge >= 0.3 is 0 Å². The molecule has 18 heavy (non-hydrogen) atoms. The maximum atomic E-state index is 13.5. The standard InChI is InChI=1S/C14H19F2NS/c1-2-18-14-5-3-4-13(14)17-9-10-8-11(15)6-7-12(10)16/h6-8,13-14,17H,2-5,9H2,1H3. The van der Waals surface area contributed by atoms with Crippen LogP contribution in [0.15, 0.2) is 18.2 Å². The average Bonchev–Trinajstić information content (AvgIpc) is 2.78. The van der Waals surface area contributed by atoms with Crippen LogP contribution in [-0.2, 0) is 6.54 Å². The lowest BCUT2D eigenvalue weighted by molar-refractivity contribution is 0.510. The lowest BCUT2D eigenvalue weighted by Crippen LogP contribution is -2.34. The normalized spacial score (nSPS) is 23.5. The van der Waals surface area contributed by atoms with Crippen LogP contribution in [0, 0.1) is 11.6 Å². The molecule has 1 N–H and O–H groups in total. The molecule has 1 fully saturated rings. The van der Waals surface area contributed by atoms with Crippen molar-refractivity contribution in [2.24, 2.45) is 0 Å². The fourth-order valence-corrected chi connectivity index (χ4v) is 3.72. The van der Waals surface area contributed by atoms with Gasteiger partial charge in [0.2, 0.25) is 0 Å². The van der Waals surface area contributed by atoms with Crippen LogP contribution in [0.3, 0.4) is 0 Å². The van der Waals surface area contributed by atoms with E-state index in [1.165, 1.54) is 25.0 Å². The van der Waals surface area contributed by atoms with Gasteiger partial charge in [0.25, 0.3) is 0 Å². The number of rotatable bonds is 5. The Balaban J connectivity index is 1.92. The minimum Gasteiger partial charge on any atom is -0.309 e. The minimum atomic E-state index is -0.376. The first-order valence-electron chi connectivity index (χ1n) is 6.49. The Hall–Kier alpha value is -0.610. The van der Waals surface area contributed by atoms with Crippen molar-refractivity contribution in [3.63, 3.8) is 0 Å². The monoisotopic (exact) mass is 271 g/mol. The van der Waals surface area contributed by atoms with Crippen LogP contribution in [-0.4, -0.2) is 17.0 Å². The summed E-state index contributed by atoms with van der Waals surface area (Å²) in [5, 5.41) is 3.99. The Morgan fingerprint density at radius 2 is 2.17 bits per heavy atom. The highest BCUT2D eigenvalue weighted by molar-refractivity contribution is 7.99. The Kier molecular flexibility index (Phi) is 5.01. The van der Waals surface area contributed by atoms with Gasteiger partial charge in [0.05, 0.1) is 0 Å². The third-order valence-corrected chi connectivity index (χ3v) is 4.72. The van der Waals surface area contributed by atoms with E-state index in [-0.39, 0.29) is 11.6 Å². The predicted molar refractivity (Wildman–Crippen MR) is 72.8 cm³/mol. The van der Waals surface area contributed by atoms with Gasteiger partial charge in [-0.05, 0) is 36.8 Å². The summed E-state index contributed by atoms with van der Waals surface area (Å²) in [6.45, 7) is 2.57. The third-order valence-electron chi connectivity index (χ3n) is 3.40. The van der Waals surface area contributed by atoms with Crippen molar-refractivity contribution in [1.82, 2.24) is 5.32 Å². The molecule has 0 bridgehead atoms. The van der Waals surface area contributed by atoms with Gasteiger partial charge in [-0.2, -0.15) is 11.8 Å². The van der Waals surface area contributed by atoms with Gasteiger partial charge in [0.15, 0.2) is 0 Å². The first kappa shape index (κ1) is 13.8. The summed E-state index contributed by atoms with van der Waals surface area (Å²) in [6, 6.07) is 4.06. The molecule has 1 aliphatic carbocycles. The van der Waals surface area contributed by atoms with Crippen LogP contribution >= 0.6 is 11.8 Å². The number of benzene rings is 1. The quantitative estimate of drug-likeness (QED) is 0.875. The molecule has 2 rings (SSSR count). The van der Waals surface area contributed by atoms with Crippen LogP contribution in [0.5, 0.6) is 0 Å². The SMILES string of the molecule is CCSC1CCCC1NCc1cc(F)ccc1F. The van der Waals surface area contributed by atoms with E-state index in [1.807, 2.05) is 11.8 Å². The van der Waals surface area contributed by atoms with Crippen molar-refractivity contribution >= 4 is 11.8 Å². The zero-order valence-electron chi connectivity index (χ0n) is 10.6. The van der Waals surface area contributed by atoms with E-state index in [9.17, 15) is 8.78 Å². The van der Waals surface area contributed by atoms with Gasteiger partial charge < -0.3 is 5.32 Å². The fourth-order valence-electron chi connectivity index (χ4n) is 2.49. The first-order valence-corrected chi connectivity index (χ1v) is 7.54. The molecule has 100 valence electrons. The molecular formula is C14H19F2NS. The maximum Gasteiger partial charge on any atom is 0.127 e. The molecule has 0 amide bonds. The second-order valence-corrected chi connectivity index (χ2v) is 6.16. The highest BCUT2D eigenvalue weighted by atomic mass is 32.2. The van der Waals surface area contributed by atoms with Crippen LogP contribution in [0.1, 0.15) is 31.7 Å². The molecule has 1 aromatic carbocycles. The van der Waals surface area contributed by atoms with E-state index in [2.05, 4.69) is 12.2 Å². The van der Waals surface area contributed by atoms with Crippen molar-refractivity contribution in [2.45, 2.75) is 44.0 Å². The molecule has 0 aliphatic heterocycles. The van der Waals surface area contributed by atoms with Gasteiger partial charge in [-0.15, -0.1) is 0 Å². The van der Waals surface area contributed by atoms with Crippen molar-refractivity contribution in [3.05, 3.63) is 35.4 Å². The van der Waals surface area contributed by atoms with Gasteiger partial charge in [0.1, 0.15) is 11.6 Å². The van der Waals surface area contributed by atoms with Gasteiger partial charge in [-0.1, -0.05) is 13.3 Å². The number of hydrogen-bond donors (Lipinski definition) is 1. The molecule has 0 spiro atoms. The van der Waals surface area contributed by atoms with E-state index in [0.29, 0.717) is 23.4 Å². The smallest absolute Gasteiger partial charge is 0.127 e. The van der Waals surface area contributed by atoms with Crippen molar-refractivity contribution in [2.75, 3.05) is 5.75 Å². The average molecular weight is 271 g/mol. The Labute approximate surface area is 111 Å². The van der Waals surface area contributed by atoms with Crippen molar-refractivity contribution < 1.29 is 8.78 Å². The maximum absolute atomic E-state index is 13.5. The molecule has 1 aliphatic rings.